The lowest BCUT2D eigenvalue weighted by atomic mass is 10.1. The highest BCUT2D eigenvalue weighted by atomic mass is 16.6. The standard InChI is InChI=1S/C19H27N3O6/c20-16(17(23)28-19(25)22-10-12-26-13-11-22)8-4-5-9-21-18(24)27-14-15-6-2-1-3-7-15/h1-3,6-7,16H,4-5,8-14,20H2,(H,21,24)/t16-/m0/s1. The van der Waals surface area contributed by atoms with Crippen LogP contribution in [0.1, 0.15) is 24.8 Å². The topological polar surface area (TPSA) is 120 Å². The molecule has 28 heavy (non-hydrogen) atoms. The molecule has 0 spiro atoms. The van der Waals surface area contributed by atoms with E-state index in [1.54, 1.807) is 0 Å². The molecule has 1 aliphatic rings. The van der Waals surface area contributed by atoms with Crippen LogP contribution in [0.15, 0.2) is 30.3 Å². The van der Waals surface area contributed by atoms with Crippen LogP contribution in [0.4, 0.5) is 9.59 Å². The molecule has 0 bridgehead atoms. The van der Waals surface area contributed by atoms with Gasteiger partial charge in [-0.2, -0.15) is 0 Å². The van der Waals surface area contributed by atoms with Gasteiger partial charge in [-0.25, -0.2) is 14.4 Å². The second-order valence-electron chi connectivity index (χ2n) is 6.38. The van der Waals surface area contributed by atoms with Gasteiger partial charge in [-0.1, -0.05) is 30.3 Å². The summed E-state index contributed by atoms with van der Waals surface area (Å²) in [4.78, 5) is 36.7. The van der Waals surface area contributed by atoms with Gasteiger partial charge >= 0.3 is 18.2 Å². The second-order valence-corrected chi connectivity index (χ2v) is 6.38. The fourth-order valence-corrected chi connectivity index (χ4v) is 2.54. The summed E-state index contributed by atoms with van der Waals surface area (Å²) < 4.78 is 15.0. The highest BCUT2D eigenvalue weighted by molar-refractivity contribution is 5.87. The van der Waals surface area contributed by atoms with E-state index in [1.165, 1.54) is 4.90 Å². The Labute approximate surface area is 164 Å². The molecule has 0 radical (unpaired) electrons. The number of carbonyl (C=O) groups excluding carboxylic acids is 3. The number of benzene rings is 1. The number of alkyl carbamates (subject to hydrolysis) is 1. The van der Waals surface area contributed by atoms with Crippen molar-refractivity contribution >= 4 is 18.2 Å². The van der Waals surface area contributed by atoms with Crippen molar-refractivity contribution in [2.45, 2.75) is 31.9 Å². The number of morpholine rings is 1. The van der Waals surface area contributed by atoms with Gasteiger partial charge in [0, 0.05) is 19.6 Å². The lowest BCUT2D eigenvalue weighted by molar-refractivity contribution is -0.140. The van der Waals surface area contributed by atoms with Gasteiger partial charge in [0.2, 0.25) is 0 Å². The Morgan fingerprint density at radius 2 is 1.86 bits per heavy atom. The largest absolute Gasteiger partial charge is 0.445 e. The molecule has 1 aromatic rings. The molecule has 0 aromatic heterocycles. The molecule has 1 fully saturated rings. The Morgan fingerprint density at radius 1 is 1.14 bits per heavy atom. The lowest BCUT2D eigenvalue weighted by Gasteiger charge is -2.25. The van der Waals surface area contributed by atoms with Gasteiger partial charge in [0.05, 0.1) is 13.2 Å². The average molecular weight is 393 g/mol. The first-order valence-corrected chi connectivity index (χ1v) is 9.34. The number of rotatable bonds is 8. The maximum absolute atomic E-state index is 11.9. The van der Waals surface area contributed by atoms with Gasteiger partial charge in [-0.15, -0.1) is 0 Å². The van der Waals surface area contributed by atoms with Crippen LogP contribution in [0.5, 0.6) is 0 Å². The van der Waals surface area contributed by atoms with Crippen molar-refractivity contribution in [2.24, 2.45) is 5.73 Å². The molecule has 9 nitrogen and oxygen atoms in total. The van der Waals surface area contributed by atoms with Crippen molar-refractivity contribution in [3.8, 4) is 0 Å². The highest BCUT2D eigenvalue weighted by Gasteiger charge is 2.24. The fraction of sp³-hybridized carbons (Fsp3) is 0.526. The van der Waals surface area contributed by atoms with Crippen molar-refractivity contribution in [1.82, 2.24) is 10.2 Å². The SMILES string of the molecule is N[C@@H](CCCCNC(=O)OCc1ccccc1)C(=O)OC(=O)N1CCOCC1. The van der Waals surface area contributed by atoms with Crippen LogP contribution >= 0.6 is 0 Å². The summed E-state index contributed by atoms with van der Waals surface area (Å²) in [6.45, 7) is 2.26. The number of nitrogens with one attached hydrogen (secondary N) is 1. The lowest BCUT2D eigenvalue weighted by Crippen LogP contribution is -2.44. The van der Waals surface area contributed by atoms with E-state index < -0.39 is 24.2 Å². The first kappa shape index (κ1) is 21.6. The molecule has 2 rings (SSSR count). The van der Waals surface area contributed by atoms with Crippen molar-refractivity contribution in [1.29, 1.82) is 0 Å². The molecule has 1 aliphatic heterocycles. The molecule has 9 heteroatoms. The second kappa shape index (κ2) is 11.9. The van der Waals surface area contributed by atoms with Gasteiger partial charge in [-0.05, 0) is 24.8 Å². The monoisotopic (exact) mass is 393 g/mol. The molecule has 1 saturated heterocycles. The first-order chi connectivity index (χ1) is 13.6. The predicted octanol–water partition coefficient (Wildman–Crippen LogP) is 1.41. The third-order valence-electron chi connectivity index (χ3n) is 4.18. The number of unbranched alkanes of at least 4 members (excludes halogenated alkanes) is 1. The Balaban J connectivity index is 1.52. The first-order valence-electron chi connectivity index (χ1n) is 9.34. The number of carbonyl (C=O) groups is 3. The van der Waals surface area contributed by atoms with Gasteiger partial charge in [0.15, 0.2) is 0 Å². The van der Waals surface area contributed by atoms with E-state index in [0.29, 0.717) is 52.1 Å². The van der Waals surface area contributed by atoms with Crippen LogP contribution < -0.4 is 11.1 Å². The zero-order valence-corrected chi connectivity index (χ0v) is 15.8. The zero-order valence-electron chi connectivity index (χ0n) is 15.8. The number of hydrogen-bond acceptors (Lipinski definition) is 7. The van der Waals surface area contributed by atoms with E-state index in [2.05, 4.69) is 5.32 Å². The molecule has 1 atom stereocenters. The van der Waals surface area contributed by atoms with Gasteiger partial charge in [0.25, 0.3) is 0 Å². The summed E-state index contributed by atoms with van der Waals surface area (Å²) in [5.74, 6) is -0.744. The summed E-state index contributed by atoms with van der Waals surface area (Å²) in [5, 5.41) is 2.64. The van der Waals surface area contributed by atoms with E-state index in [-0.39, 0.29) is 6.61 Å². The number of nitrogens with two attached hydrogens (primary N) is 1. The minimum atomic E-state index is -0.880. The predicted molar refractivity (Wildman–Crippen MR) is 100 cm³/mol. The molecule has 0 aliphatic carbocycles. The summed E-state index contributed by atoms with van der Waals surface area (Å²) in [5.41, 5.74) is 6.68. The molecular weight excluding hydrogens is 366 g/mol. The van der Waals surface area contributed by atoms with Crippen molar-refractivity contribution < 1.29 is 28.6 Å². The summed E-state index contributed by atoms with van der Waals surface area (Å²) in [7, 11) is 0. The van der Waals surface area contributed by atoms with E-state index in [9.17, 15) is 14.4 Å². The van der Waals surface area contributed by atoms with Crippen LogP contribution in [0.3, 0.4) is 0 Å². The fourth-order valence-electron chi connectivity index (χ4n) is 2.54. The Kier molecular flexibility index (Phi) is 9.23. The van der Waals surface area contributed by atoms with Crippen molar-refractivity contribution in [3.05, 3.63) is 35.9 Å². The van der Waals surface area contributed by atoms with E-state index >= 15 is 0 Å². The summed E-state index contributed by atoms with van der Waals surface area (Å²) >= 11 is 0. The average Bonchev–Trinajstić information content (AvgIpc) is 2.73. The molecule has 3 N–H and O–H groups in total. The van der Waals surface area contributed by atoms with Gasteiger partial charge in [-0.3, -0.25) is 0 Å². The Bertz CT molecular complexity index is 634. The number of nitrogens with zero attached hydrogens (tertiary/aromatic N) is 1. The number of esters is 1. The molecule has 1 aromatic carbocycles. The van der Waals surface area contributed by atoms with Crippen LogP contribution in [-0.2, 0) is 25.6 Å². The molecule has 154 valence electrons. The van der Waals surface area contributed by atoms with Gasteiger partial charge in [0.1, 0.15) is 12.6 Å². The maximum atomic E-state index is 11.9. The van der Waals surface area contributed by atoms with Crippen LogP contribution in [0, 0.1) is 0 Å². The number of hydrogen-bond donors (Lipinski definition) is 2. The van der Waals surface area contributed by atoms with Crippen molar-refractivity contribution in [3.63, 3.8) is 0 Å². The van der Waals surface area contributed by atoms with E-state index in [4.69, 9.17) is 19.9 Å². The highest BCUT2D eigenvalue weighted by Crippen LogP contribution is 2.05. The zero-order chi connectivity index (χ0) is 20.2. The van der Waals surface area contributed by atoms with Gasteiger partial charge < -0.3 is 30.2 Å². The minimum absolute atomic E-state index is 0.209. The smallest absolute Gasteiger partial charge is 0.417 e. The van der Waals surface area contributed by atoms with Crippen molar-refractivity contribution in [2.75, 3.05) is 32.8 Å². The summed E-state index contributed by atoms with van der Waals surface area (Å²) in [6.07, 6.45) is 0.394. The maximum Gasteiger partial charge on any atom is 0.417 e. The Morgan fingerprint density at radius 3 is 2.57 bits per heavy atom. The number of amides is 2. The van der Waals surface area contributed by atoms with Crippen LogP contribution in [-0.4, -0.2) is 61.9 Å². The third-order valence-corrected chi connectivity index (χ3v) is 4.18. The van der Waals surface area contributed by atoms with E-state index in [0.717, 1.165) is 5.56 Å². The van der Waals surface area contributed by atoms with E-state index in [1.807, 2.05) is 30.3 Å². The molecule has 0 unspecified atom stereocenters. The quantitative estimate of drug-likeness (QED) is 0.389. The normalized spacial score (nSPS) is 14.8. The minimum Gasteiger partial charge on any atom is -0.445 e. The Hall–Kier alpha value is -2.65. The third kappa shape index (κ3) is 7.93. The molecule has 0 saturated carbocycles. The van der Waals surface area contributed by atoms with Crippen LogP contribution in [0.2, 0.25) is 0 Å². The molecular formula is C19H27N3O6. The molecule has 2 amide bonds. The molecule has 1 heterocycles. The summed E-state index contributed by atoms with van der Waals surface area (Å²) in [6, 6.07) is 8.51. The van der Waals surface area contributed by atoms with Crippen LogP contribution in [0.25, 0.3) is 0 Å². The number of ether oxygens (including phenoxy) is 3.